The van der Waals surface area contributed by atoms with Crippen molar-refractivity contribution in [1.82, 2.24) is 30.0 Å². The molecule has 138 valence electrons. The average molecular weight is 355 g/mol. The number of aryl methyl sites for hydroxylation is 1. The van der Waals surface area contributed by atoms with Crippen molar-refractivity contribution in [3.8, 4) is 0 Å². The molecule has 2 aliphatic rings. The van der Waals surface area contributed by atoms with Gasteiger partial charge in [0.15, 0.2) is 5.82 Å². The first-order chi connectivity index (χ1) is 12.8. The first-order valence-corrected chi connectivity index (χ1v) is 9.52. The van der Waals surface area contributed by atoms with Gasteiger partial charge in [0.05, 0.1) is 12.5 Å². The fourth-order valence-corrected chi connectivity index (χ4v) is 3.81. The summed E-state index contributed by atoms with van der Waals surface area (Å²) in [6, 6.07) is 1.80. The second-order valence-corrected chi connectivity index (χ2v) is 7.05. The van der Waals surface area contributed by atoms with Gasteiger partial charge in [-0.3, -0.25) is 4.79 Å². The van der Waals surface area contributed by atoms with E-state index < -0.39 is 0 Å². The smallest absolute Gasteiger partial charge is 0.225 e. The third-order valence-corrected chi connectivity index (χ3v) is 5.23. The molecule has 1 N–H and O–H groups in total. The Morgan fingerprint density at radius 1 is 1.12 bits per heavy atom. The highest BCUT2D eigenvalue weighted by Crippen LogP contribution is 2.20. The van der Waals surface area contributed by atoms with Crippen LogP contribution in [-0.2, 0) is 24.3 Å². The lowest BCUT2D eigenvalue weighted by Crippen LogP contribution is -2.43. The molecule has 1 unspecified atom stereocenters. The predicted molar refractivity (Wildman–Crippen MR) is 96.4 cm³/mol. The van der Waals surface area contributed by atoms with Crippen LogP contribution in [0.2, 0.25) is 0 Å². The molecule has 4 heterocycles. The molecule has 1 atom stereocenters. The molecule has 4 rings (SSSR count). The quantitative estimate of drug-likeness (QED) is 0.890. The summed E-state index contributed by atoms with van der Waals surface area (Å²) >= 11 is 0. The number of aromatic nitrogens is 5. The van der Waals surface area contributed by atoms with Crippen LogP contribution in [0.4, 0.5) is 5.95 Å². The fraction of sp³-hybridized carbons (Fsp3) is 0.611. The van der Waals surface area contributed by atoms with E-state index in [2.05, 4.69) is 34.9 Å². The minimum absolute atomic E-state index is 0.0425. The van der Waals surface area contributed by atoms with Gasteiger partial charge in [0.25, 0.3) is 0 Å². The highest BCUT2D eigenvalue weighted by atomic mass is 16.1. The number of fused-ring (bicyclic) bond motifs is 1. The molecule has 1 saturated heterocycles. The molecule has 8 nitrogen and oxygen atoms in total. The van der Waals surface area contributed by atoms with E-state index in [0.717, 1.165) is 50.4 Å². The van der Waals surface area contributed by atoms with Crippen LogP contribution >= 0.6 is 0 Å². The van der Waals surface area contributed by atoms with Crippen molar-refractivity contribution in [2.75, 3.05) is 18.0 Å². The van der Waals surface area contributed by atoms with E-state index in [1.54, 1.807) is 18.5 Å². The van der Waals surface area contributed by atoms with Gasteiger partial charge >= 0.3 is 0 Å². The van der Waals surface area contributed by atoms with Crippen LogP contribution in [0, 0.1) is 5.92 Å². The Morgan fingerprint density at radius 3 is 2.88 bits per heavy atom. The number of amides is 1. The SMILES string of the molecule is O=C(NCc1nnc2n1CCCCC2)C1CCCN(c2ncccn2)C1. The zero-order valence-corrected chi connectivity index (χ0v) is 15.0. The normalized spacial score (nSPS) is 20.3. The molecule has 0 radical (unpaired) electrons. The molecular weight excluding hydrogens is 330 g/mol. The maximum atomic E-state index is 12.7. The monoisotopic (exact) mass is 355 g/mol. The molecule has 0 aliphatic carbocycles. The van der Waals surface area contributed by atoms with Crippen LogP contribution in [-0.4, -0.2) is 43.7 Å². The zero-order chi connectivity index (χ0) is 17.8. The number of anilines is 1. The Kier molecular flexibility index (Phi) is 5.08. The number of nitrogens with zero attached hydrogens (tertiary/aromatic N) is 6. The Bertz CT molecular complexity index is 745. The summed E-state index contributed by atoms with van der Waals surface area (Å²) in [6.45, 7) is 2.96. The predicted octanol–water partition coefficient (Wildman–Crippen LogP) is 1.33. The second-order valence-electron chi connectivity index (χ2n) is 7.05. The molecule has 2 aliphatic heterocycles. The van der Waals surface area contributed by atoms with Crippen LogP contribution in [0.3, 0.4) is 0 Å². The lowest BCUT2D eigenvalue weighted by molar-refractivity contribution is -0.125. The number of hydrogen-bond acceptors (Lipinski definition) is 6. The summed E-state index contributed by atoms with van der Waals surface area (Å²) in [4.78, 5) is 23.4. The summed E-state index contributed by atoms with van der Waals surface area (Å²) in [5.74, 6) is 2.66. The van der Waals surface area contributed by atoms with Gasteiger partial charge in [0, 0.05) is 38.4 Å². The van der Waals surface area contributed by atoms with Crippen LogP contribution in [0.15, 0.2) is 18.5 Å². The molecular formula is C18H25N7O. The molecule has 0 saturated carbocycles. The molecule has 2 aromatic heterocycles. The minimum atomic E-state index is -0.0425. The maximum Gasteiger partial charge on any atom is 0.225 e. The van der Waals surface area contributed by atoms with E-state index >= 15 is 0 Å². The lowest BCUT2D eigenvalue weighted by atomic mass is 9.97. The van der Waals surface area contributed by atoms with Crippen LogP contribution in [0.5, 0.6) is 0 Å². The zero-order valence-electron chi connectivity index (χ0n) is 15.0. The fourth-order valence-electron chi connectivity index (χ4n) is 3.81. The third kappa shape index (κ3) is 3.68. The number of nitrogens with one attached hydrogen (secondary N) is 1. The number of hydrogen-bond donors (Lipinski definition) is 1. The summed E-state index contributed by atoms with van der Waals surface area (Å²) in [5.41, 5.74) is 0. The Hall–Kier alpha value is -2.51. The highest BCUT2D eigenvalue weighted by Gasteiger charge is 2.27. The van der Waals surface area contributed by atoms with Gasteiger partial charge in [-0.15, -0.1) is 10.2 Å². The molecule has 0 aromatic carbocycles. The first-order valence-electron chi connectivity index (χ1n) is 9.52. The minimum Gasteiger partial charge on any atom is -0.348 e. The first kappa shape index (κ1) is 16.9. The Labute approximate surface area is 153 Å². The Balaban J connectivity index is 1.36. The van der Waals surface area contributed by atoms with Crippen LogP contribution < -0.4 is 10.2 Å². The van der Waals surface area contributed by atoms with Crippen LogP contribution in [0.25, 0.3) is 0 Å². The lowest BCUT2D eigenvalue weighted by Gasteiger charge is -2.31. The van der Waals surface area contributed by atoms with Crippen molar-refractivity contribution in [2.24, 2.45) is 5.92 Å². The van der Waals surface area contributed by atoms with Gasteiger partial charge in [-0.05, 0) is 31.7 Å². The van der Waals surface area contributed by atoms with Crippen molar-refractivity contribution < 1.29 is 4.79 Å². The van der Waals surface area contributed by atoms with Gasteiger partial charge in [0.1, 0.15) is 5.82 Å². The molecule has 2 aromatic rings. The van der Waals surface area contributed by atoms with E-state index in [9.17, 15) is 4.79 Å². The van der Waals surface area contributed by atoms with E-state index in [1.165, 1.54) is 12.8 Å². The highest BCUT2D eigenvalue weighted by molar-refractivity contribution is 5.79. The van der Waals surface area contributed by atoms with Crippen molar-refractivity contribution in [3.63, 3.8) is 0 Å². The van der Waals surface area contributed by atoms with E-state index in [4.69, 9.17) is 0 Å². The second kappa shape index (κ2) is 7.80. The number of rotatable bonds is 4. The molecule has 0 bridgehead atoms. The van der Waals surface area contributed by atoms with Crippen molar-refractivity contribution in [3.05, 3.63) is 30.1 Å². The van der Waals surface area contributed by atoms with Gasteiger partial charge < -0.3 is 14.8 Å². The van der Waals surface area contributed by atoms with Gasteiger partial charge in [-0.2, -0.15) is 0 Å². The standard InChI is InChI=1S/C18H25N7O/c26-17(14-6-4-10-24(13-14)18-19-8-5-9-20-18)21-12-16-23-22-15-7-2-1-3-11-25(15)16/h5,8-9,14H,1-4,6-7,10-13H2,(H,21,26). The average Bonchev–Trinajstić information content (AvgIpc) is 2.93. The summed E-state index contributed by atoms with van der Waals surface area (Å²) in [7, 11) is 0. The number of piperidine rings is 1. The largest absolute Gasteiger partial charge is 0.348 e. The molecule has 1 fully saturated rings. The number of carbonyl (C=O) groups is 1. The third-order valence-electron chi connectivity index (χ3n) is 5.23. The van der Waals surface area contributed by atoms with Crippen molar-refractivity contribution in [1.29, 1.82) is 0 Å². The van der Waals surface area contributed by atoms with Gasteiger partial charge in [0.2, 0.25) is 11.9 Å². The summed E-state index contributed by atoms with van der Waals surface area (Å²) < 4.78 is 2.18. The summed E-state index contributed by atoms with van der Waals surface area (Å²) in [6.07, 6.45) is 9.88. The number of carbonyl (C=O) groups excluding carboxylic acids is 1. The van der Waals surface area contributed by atoms with Crippen molar-refractivity contribution in [2.45, 2.75) is 51.6 Å². The molecule has 8 heteroatoms. The van der Waals surface area contributed by atoms with Gasteiger partial charge in [-0.1, -0.05) is 6.42 Å². The topological polar surface area (TPSA) is 88.8 Å². The van der Waals surface area contributed by atoms with E-state index in [-0.39, 0.29) is 11.8 Å². The maximum absolute atomic E-state index is 12.7. The van der Waals surface area contributed by atoms with Crippen LogP contribution in [0.1, 0.15) is 43.8 Å². The molecule has 26 heavy (non-hydrogen) atoms. The molecule has 0 spiro atoms. The Morgan fingerprint density at radius 2 is 2.00 bits per heavy atom. The van der Waals surface area contributed by atoms with E-state index in [1.807, 2.05) is 0 Å². The van der Waals surface area contributed by atoms with Gasteiger partial charge in [-0.25, -0.2) is 9.97 Å². The molecule has 1 amide bonds. The van der Waals surface area contributed by atoms with E-state index in [0.29, 0.717) is 19.0 Å². The summed E-state index contributed by atoms with van der Waals surface area (Å²) in [5, 5.41) is 11.7. The van der Waals surface area contributed by atoms with Crippen molar-refractivity contribution >= 4 is 11.9 Å².